The zero-order valence-corrected chi connectivity index (χ0v) is 22.3. The molecule has 0 heterocycles. The first-order chi connectivity index (χ1) is 16.9. The molecule has 0 aromatic heterocycles. The van der Waals surface area contributed by atoms with Crippen LogP contribution in [-0.4, -0.2) is 64.7 Å². The van der Waals surface area contributed by atoms with Gasteiger partial charge in [0.25, 0.3) is 0 Å². The summed E-state index contributed by atoms with van der Waals surface area (Å²) in [7, 11) is -1.13. The van der Waals surface area contributed by atoms with E-state index in [-0.39, 0.29) is 29.8 Å². The van der Waals surface area contributed by atoms with E-state index in [1.54, 1.807) is 13.0 Å². The van der Waals surface area contributed by atoms with Gasteiger partial charge < -0.3 is 19.7 Å². The van der Waals surface area contributed by atoms with Crippen LogP contribution in [0.3, 0.4) is 0 Å². The van der Waals surface area contributed by atoms with Crippen LogP contribution in [-0.2, 0) is 26.2 Å². The number of nitrogens with zero attached hydrogens (tertiary/aromatic N) is 2. The number of ether oxygens (including phenoxy) is 2. The highest BCUT2D eigenvalue weighted by Crippen LogP contribution is 2.34. The van der Waals surface area contributed by atoms with Crippen LogP contribution in [0.15, 0.2) is 42.5 Å². The molecular formula is C25H34FN3O6S. The molecule has 0 saturated carbocycles. The summed E-state index contributed by atoms with van der Waals surface area (Å²) >= 11 is 0. The third-order valence-electron chi connectivity index (χ3n) is 5.45. The monoisotopic (exact) mass is 523 g/mol. The summed E-state index contributed by atoms with van der Waals surface area (Å²) in [5, 5.41) is 2.80. The summed E-state index contributed by atoms with van der Waals surface area (Å²) in [4.78, 5) is 27.7. The van der Waals surface area contributed by atoms with E-state index < -0.39 is 34.3 Å². The lowest BCUT2D eigenvalue weighted by molar-refractivity contribution is -0.139. The van der Waals surface area contributed by atoms with Gasteiger partial charge in [0.1, 0.15) is 29.9 Å². The Morgan fingerprint density at radius 1 is 1.03 bits per heavy atom. The minimum Gasteiger partial charge on any atom is -0.497 e. The molecule has 1 unspecified atom stereocenters. The maximum absolute atomic E-state index is 13.6. The SMILES string of the molecule is COc1ccc(OC)c(N(CC(=O)N(Cc2ccc(F)cc2)C(C)C(=O)NCC(C)C)S(C)(=O)=O)c1. The molecule has 1 N–H and O–H groups in total. The van der Waals surface area contributed by atoms with E-state index in [1.807, 2.05) is 13.8 Å². The highest BCUT2D eigenvalue weighted by Gasteiger charge is 2.31. The maximum Gasteiger partial charge on any atom is 0.244 e. The number of carbonyl (C=O) groups excluding carboxylic acids is 2. The standard InChI is InChI=1S/C25H34FN3O6S/c1-17(2)14-27-25(31)18(3)28(15-19-7-9-20(26)10-8-19)24(30)16-29(36(6,32)33)22-13-21(34-4)11-12-23(22)35-5/h7-13,17-18H,14-16H2,1-6H3,(H,27,31). The Bertz CT molecular complexity index is 1150. The second kappa shape index (κ2) is 12.6. The average Bonchev–Trinajstić information content (AvgIpc) is 2.83. The van der Waals surface area contributed by atoms with E-state index in [0.29, 0.717) is 17.9 Å². The van der Waals surface area contributed by atoms with E-state index in [9.17, 15) is 22.4 Å². The third-order valence-corrected chi connectivity index (χ3v) is 6.58. The molecule has 11 heteroatoms. The summed E-state index contributed by atoms with van der Waals surface area (Å²) in [6.07, 6.45) is 0.974. The van der Waals surface area contributed by atoms with Crippen LogP contribution in [0.25, 0.3) is 0 Å². The number of hydrogen-bond donors (Lipinski definition) is 1. The first-order valence-electron chi connectivity index (χ1n) is 11.4. The summed E-state index contributed by atoms with van der Waals surface area (Å²) in [5.41, 5.74) is 0.699. The second-order valence-corrected chi connectivity index (χ2v) is 10.7. The predicted octanol–water partition coefficient (Wildman–Crippen LogP) is 2.80. The molecule has 2 rings (SSSR count). The topological polar surface area (TPSA) is 105 Å². The van der Waals surface area contributed by atoms with Gasteiger partial charge in [-0.2, -0.15) is 0 Å². The molecule has 198 valence electrons. The lowest BCUT2D eigenvalue weighted by Crippen LogP contribution is -2.51. The number of methoxy groups -OCH3 is 2. The van der Waals surface area contributed by atoms with Gasteiger partial charge in [-0.15, -0.1) is 0 Å². The quantitative estimate of drug-likeness (QED) is 0.459. The number of anilines is 1. The van der Waals surface area contributed by atoms with Crippen LogP contribution in [0.1, 0.15) is 26.3 Å². The van der Waals surface area contributed by atoms with Gasteiger partial charge in [0, 0.05) is 19.2 Å². The van der Waals surface area contributed by atoms with Gasteiger partial charge >= 0.3 is 0 Å². The fourth-order valence-electron chi connectivity index (χ4n) is 3.41. The Morgan fingerprint density at radius 2 is 1.67 bits per heavy atom. The zero-order chi connectivity index (χ0) is 27.0. The normalized spacial score (nSPS) is 12.1. The Labute approximate surface area is 212 Å². The number of nitrogens with one attached hydrogen (secondary N) is 1. The van der Waals surface area contributed by atoms with Crippen LogP contribution in [0.2, 0.25) is 0 Å². The van der Waals surface area contributed by atoms with Gasteiger partial charge in [-0.05, 0) is 42.7 Å². The second-order valence-electron chi connectivity index (χ2n) is 8.77. The highest BCUT2D eigenvalue weighted by molar-refractivity contribution is 7.92. The molecule has 0 aliphatic heterocycles. The number of benzene rings is 2. The van der Waals surface area contributed by atoms with Gasteiger partial charge in [-0.1, -0.05) is 26.0 Å². The minimum absolute atomic E-state index is 0.0256. The summed E-state index contributed by atoms with van der Waals surface area (Å²) in [5.74, 6) is -0.652. The molecule has 0 radical (unpaired) electrons. The molecule has 0 saturated heterocycles. The van der Waals surface area contributed by atoms with Crippen molar-refractivity contribution in [1.82, 2.24) is 10.2 Å². The number of carbonyl (C=O) groups is 2. The smallest absolute Gasteiger partial charge is 0.244 e. The van der Waals surface area contributed by atoms with Crippen LogP contribution < -0.4 is 19.1 Å². The van der Waals surface area contributed by atoms with E-state index >= 15 is 0 Å². The van der Waals surface area contributed by atoms with Gasteiger partial charge in [0.15, 0.2) is 0 Å². The summed E-state index contributed by atoms with van der Waals surface area (Å²) in [6.45, 7) is 5.25. The largest absolute Gasteiger partial charge is 0.497 e. The molecule has 0 fully saturated rings. The number of sulfonamides is 1. The van der Waals surface area contributed by atoms with Crippen LogP contribution >= 0.6 is 0 Å². The molecule has 9 nitrogen and oxygen atoms in total. The summed E-state index contributed by atoms with van der Waals surface area (Å²) in [6, 6.07) is 9.20. The van der Waals surface area contributed by atoms with Crippen molar-refractivity contribution in [1.29, 1.82) is 0 Å². The highest BCUT2D eigenvalue weighted by atomic mass is 32.2. The van der Waals surface area contributed by atoms with Gasteiger partial charge in [0.05, 0.1) is 26.2 Å². The number of rotatable bonds is 12. The zero-order valence-electron chi connectivity index (χ0n) is 21.4. The van der Waals surface area contributed by atoms with E-state index in [1.165, 1.54) is 55.5 Å². The number of hydrogen-bond acceptors (Lipinski definition) is 6. The van der Waals surface area contributed by atoms with Crippen LogP contribution in [0, 0.1) is 11.7 Å². The van der Waals surface area contributed by atoms with Crippen molar-refractivity contribution in [2.75, 3.05) is 37.9 Å². The van der Waals surface area contributed by atoms with E-state index in [2.05, 4.69) is 5.32 Å². The molecule has 0 spiro atoms. The third kappa shape index (κ3) is 7.84. The minimum atomic E-state index is -3.95. The predicted molar refractivity (Wildman–Crippen MR) is 136 cm³/mol. The van der Waals surface area contributed by atoms with Crippen molar-refractivity contribution in [3.63, 3.8) is 0 Å². The Balaban J connectivity index is 2.45. The van der Waals surface area contributed by atoms with Crippen molar-refractivity contribution >= 4 is 27.5 Å². The summed E-state index contributed by atoms with van der Waals surface area (Å²) < 4.78 is 50.4. The van der Waals surface area contributed by atoms with Gasteiger partial charge in [-0.3, -0.25) is 13.9 Å². The molecule has 0 aliphatic rings. The molecule has 0 bridgehead atoms. The van der Waals surface area contributed by atoms with E-state index in [0.717, 1.165) is 10.6 Å². The molecule has 1 atom stereocenters. The van der Waals surface area contributed by atoms with Crippen LogP contribution in [0.5, 0.6) is 11.5 Å². The lowest BCUT2D eigenvalue weighted by Gasteiger charge is -2.32. The molecule has 36 heavy (non-hydrogen) atoms. The van der Waals surface area contributed by atoms with E-state index in [4.69, 9.17) is 9.47 Å². The lowest BCUT2D eigenvalue weighted by atomic mass is 10.1. The van der Waals surface area contributed by atoms with Gasteiger partial charge in [0.2, 0.25) is 21.8 Å². The van der Waals surface area contributed by atoms with Crippen molar-refractivity contribution in [3.8, 4) is 11.5 Å². The molecular weight excluding hydrogens is 489 g/mol. The molecule has 0 aliphatic carbocycles. The van der Waals surface area contributed by atoms with Crippen LogP contribution in [0.4, 0.5) is 10.1 Å². The fraction of sp³-hybridized carbons (Fsp3) is 0.440. The molecule has 2 amide bonds. The number of amides is 2. The molecule has 2 aromatic carbocycles. The first-order valence-corrected chi connectivity index (χ1v) is 13.2. The fourth-order valence-corrected chi connectivity index (χ4v) is 4.25. The van der Waals surface area contributed by atoms with Crippen molar-refractivity contribution in [2.45, 2.75) is 33.4 Å². The average molecular weight is 524 g/mol. The Morgan fingerprint density at radius 3 is 2.19 bits per heavy atom. The van der Waals surface area contributed by atoms with Crippen molar-refractivity contribution in [2.24, 2.45) is 5.92 Å². The van der Waals surface area contributed by atoms with Crippen molar-refractivity contribution in [3.05, 3.63) is 53.8 Å². The first kappa shape index (κ1) is 28.9. The number of halogens is 1. The Kier molecular flexibility index (Phi) is 10.1. The maximum atomic E-state index is 13.6. The van der Waals surface area contributed by atoms with Crippen molar-refractivity contribution < 1.29 is 31.9 Å². The van der Waals surface area contributed by atoms with Gasteiger partial charge in [-0.25, -0.2) is 12.8 Å². The molecule has 2 aromatic rings. The Hall–Kier alpha value is -3.34.